The number of hydrogen-bond acceptors (Lipinski definition) is 3. The van der Waals surface area contributed by atoms with Gasteiger partial charge < -0.3 is 10.1 Å². The SMILES string of the molecule is CCOc1ccccc1NC(=O)c1csc2c1CCC(CC)C2. The van der Waals surface area contributed by atoms with Crippen LogP contribution < -0.4 is 10.1 Å². The molecule has 3 nitrogen and oxygen atoms in total. The average molecular weight is 329 g/mol. The van der Waals surface area contributed by atoms with E-state index in [0.717, 1.165) is 35.8 Å². The van der Waals surface area contributed by atoms with E-state index >= 15 is 0 Å². The van der Waals surface area contributed by atoms with Crippen molar-refractivity contribution in [2.75, 3.05) is 11.9 Å². The van der Waals surface area contributed by atoms with Crippen molar-refractivity contribution in [2.24, 2.45) is 5.92 Å². The molecular weight excluding hydrogens is 306 g/mol. The quantitative estimate of drug-likeness (QED) is 0.846. The first-order chi connectivity index (χ1) is 11.2. The van der Waals surface area contributed by atoms with E-state index in [0.29, 0.717) is 6.61 Å². The highest BCUT2D eigenvalue weighted by Crippen LogP contribution is 2.35. The third kappa shape index (κ3) is 3.42. The number of anilines is 1. The minimum absolute atomic E-state index is 0.0235. The molecule has 0 radical (unpaired) electrons. The van der Waals surface area contributed by atoms with E-state index in [9.17, 15) is 4.79 Å². The fourth-order valence-electron chi connectivity index (χ4n) is 3.16. The van der Waals surface area contributed by atoms with Crippen LogP contribution in [0.3, 0.4) is 0 Å². The van der Waals surface area contributed by atoms with Crippen LogP contribution in [-0.2, 0) is 12.8 Å². The maximum absolute atomic E-state index is 12.7. The van der Waals surface area contributed by atoms with E-state index in [4.69, 9.17) is 4.74 Å². The summed E-state index contributed by atoms with van der Waals surface area (Å²) in [4.78, 5) is 14.1. The van der Waals surface area contributed by atoms with Crippen LogP contribution in [0, 0.1) is 5.92 Å². The van der Waals surface area contributed by atoms with Crippen LogP contribution in [0.4, 0.5) is 5.69 Å². The van der Waals surface area contributed by atoms with E-state index in [1.807, 2.05) is 36.6 Å². The van der Waals surface area contributed by atoms with E-state index in [1.165, 1.54) is 23.3 Å². The van der Waals surface area contributed by atoms with Gasteiger partial charge in [0.25, 0.3) is 5.91 Å². The Morgan fingerprint density at radius 2 is 2.17 bits per heavy atom. The number of benzene rings is 1. The lowest BCUT2D eigenvalue weighted by Gasteiger charge is -2.21. The zero-order valence-electron chi connectivity index (χ0n) is 13.7. The third-order valence-electron chi connectivity index (χ3n) is 4.51. The maximum atomic E-state index is 12.7. The first-order valence-corrected chi connectivity index (χ1v) is 9.23. The first-order valence-electron chi connectivity index (χ1n) is 8.35. The number of fused-ring (bicyclic) bond motifs is 1. The van der Waals surface area contributed by atoms with Gasteiger partial charge in [-0.2, -0.15) is 0 Å². The van der Waals surface area contributed by atoms with Gasteiger partial charge in [0.1, 0.15) is 5.75 Å². The molecule has 0 aliphatic heterocycles. The molecular formula is C19H23NO2S. The van der Waals surface area contributed by atoms with Gasteiger partial charge in [0, 0.05) is 10.3 Å². The van der Waals surface area contributed by atoms with Crippen LogP contribution in [0.2, 0.25) is 0 Å². The van der Waals surface area contributed by atoms with Crippen molar-refractivity contribution >= 4 is 22.9 Å². The number of ether oxygens (including phenoxy) is 1. The normalized spacial score (nSPS) is 16.7. The maximum Gasteiger partial charge on any atom is 0.256 e. The predicted molar refractivity (Wildman–Crippen MR) is 95.7 cm³/mol. The summed E-state index contributed by atoms with van der Waals surface area (Å²) < 4.78 is 5.58. The summed E-state index contributed by atoms with van der Waals surface area (Å²) >= 11 is 1.73. The molecule has 0 saturated carbocycles. The van der Waals surface area contributed by atoms with Crippen LogP contribution in [0.25, 0.3) is 0 Å². The van der Waals surface area contributed by atoms with Crippen molar-refractivity contribution in [1.29, 1.82) is 0 Å². The molecule has 1 aromatic heterocycles. The number of para-hydroxylation sites is 2. The molecule has 1 amide bonds. The van der Waals surface area contributed by atoms with Crippen molar-refractivity contribution < 1.29 is 9.53 Å². The van der Waals surface area contributed by atoms with Gasteiger partial charge in [-0.1, -0.05) is 25.5 Å². The van der Waals surface area contributed by atoms with E-state index in [2.05, 4.69) is 12.2 Å². The van der Waals surface area contributed by atoms with Crippen LogP contribution in [0.5, 0.6) is 5.75 Å². The smallest absolute Gasteiger partial charge is 0.256 e. The Morgan fingerprint density at radius 1 is 1.35 bits per heavy atom. The monoisotopic (exact) mass is 329 g/mol. The van der Waals surface area contributed by atoms with E-state index < -0.39 is 0 Å². The van der Waals surface area contributed by atoms with E-state index in [1.54, 1.807) is 11.3 Å². The summed E-state index contributed by atoms with van der Waals surface area (Å²) in [6.07, 6.45) is 4.56. The Bertz CT molecular complexity index is 692. The Hall–Kier alpha value is -1.81. The molecule has 122 valence electrons. The van der Waals surface area contributed by atoms with Crippen LogP contribution in [-0.4, -0.2) is 12.5 Å². The number of carbonyl (C=O) groups excluding carboxylic acids is 1. The average Bonchev–Trinajstić information content (AvgIpc) is 3.00. The number of carbonyl (C=O) groups is 1. The highest BCUT2D eigenvalue weighted by atomic mass is 32.1. The Balaban J connectivity index is 1.79. The number of nitrogens with one attached hydrogen (secondary N) is 1. The van der Waals surface area contributed by atoms with Gasteiger partial charge in [-0.15, -0.1) is 11.3 Å². The predicted octanol–water partition coefficient (Wildman–Crippen LogP) is 4.91. The molecule has 4 heteroatoms. The highest BCUT2D eigenvalue weighted by Gasteiger charge is 2.24. The third-order valence-corrected chi connectivity index (χ3v) is 5.57. The van der Waals surface area contributed by atoms with Gasteiger partial charge in [-0.25, -0.2) is 0 Å². The minimum Gasteiger partial charge on any atom is -0.492 e. The lowest BCUT2D eigenvalue weighted by atomic mass is 9.86. The lowest BCUT2D eigenvalue weighted by Crippen LogP contribution is -2.17. The van der Waals surface area contributed by atoms with Gasteiger partial charge >= 0.3 is 0 Å². The van der Waals surface area contributed by atoms with Crippen LogP contribution in [0.1, 0.15) is 47.5 Å². The largest absolute Gasteiger partial charge is 0.492 e. The van der Waals surface area contributed by atoms with E-state index in [-0.39, 0.29) is 5.91 Å². The molecule has 0 bridgehead atoms. The number of rotatable bonds is 5. The number of hydrogen-bond donors (Lipinski definition) is 1. The highest BCUT2D eigenvalue weighted by molar-refractivity contribution is 7.10. The Labute approximate surface area is 141 Å². The fourth-order valence-corrected chi connectivity index (χ4v) is 4.36. The fraction of sp³-hybridized carbons (Fsp3) is 0.421. The summed E-state index contributed by atoms with van der Waals surface area (Å²) in [5.74, 6) is 1.47. The second-order valence-corrected chi connectivity index (χ2v) is 6.92. The van der Waals surface area contributed by atoms with Crippen molar-refractivity contribution in [1.82, 2.24) is 0 Å². The Morgan fingerprint density at radius 3 is 2.96 bits per heavy atom. The molecule has 0 fully saturated rings. The molecule has 0 spiro atoms. The van der Waals surface area contributed by atoms with Crippen LogP contribution >= 0.6 is 11.3 Å². The molecule has 1 aromatic carbocycles. The second kappa shape index (κ2) is 7.18. The molecule has 1 atom stereocenters. The standard InChI is InChI=1S/C19H23NO2S/c1-3-13-9-10-14-15(12-23-18(14)11-13)19(21)20-16-7-5-6-8-17(16)22-4-2/h5-8,12-13H,3-4,9-11H2,1-2H3,(H,20,21). The molecule has 1 heterocycles. The molecule has 1 unspecified atom stereocenters. The minimum atomic E-state index is -0.0235. The lowest BCUT2D eigenvalue weighted by molar-refractivity contribution is 0.102. The first kappa shape index (κ1) is 16.1. The van der Waals surface area contributed by atoms with Crippen molar-refractivity contribution in [3.63, 3.8) is 0 Å². The zero-order chi connectivity index (χ0) is 16.2. The van der Waals surface area contributed by atoms with Crippen LogP contribution in [0.15, 0.2) is 29.6 Å². The summed E-state index contributed by atoms with van der Waals surface area (Å²) in [6, 6.07) is 7.59. The molecule has 1 N–H and O–H groups in total. The van der Waals surface area contributed by atoms with Gasteiger partial charge in [0.05, 0.1) is 17.9 Å². The Kier molecular flexibility index (Phi) is 5.01. The van der Waals surface area contributed by atoms with Crippen molar-refractivity contribution in [2.45, 2.75) is 39.5 Å². The number of amides is 1. The number of thiophene rings is 1. The van der Waals surface area contributed by atoms with Gasteiger partial charge in [-0.3, -0.25) is 4.79 Å². The second-order valence-electron chi connectivity index (χ2n) is 5.95. The summed E-state index contributed by atoms with van der Waals surface area (Å²) in [6.45, 7) is 4.78. The summed E-state index contributed by atoms with van der Waals surface area (Å²) in [5, 5.41) is 5.03. The molecule has 1 aliphatic rings. The molecule has 2 aromatic rings. The van der Waals surface area contributed by atoms with Gasteiger partial charge in [0.15, 0.2) is 0 Å². The van der Waals surface area contributed by atoms with Gasteiger partial charge in [-0.05, 0) is 49.8 Å². The van der Waals surface area contributed by atoms with Crippen molar-refractivity contribution in [3.8, 4) is 5.75 Å². The zero-order valence-corrected chi connectivity index (χ0v) is 14.5. The summed E-state index contributed by atoms with van der Waals surface area (Å²) in [7, 11) is 0. The van der Waals surface area contributed by atoms with Crippen molar-refractivity contribution in [3.05, 3.63) is 45.6 Å². The topological polar surface area (TPSA) is 38.3 Å². The van der Waals surface area contributed by atoms with Gasteiger partial charge in [0.2, 0.25) is 0 Å². The molecule has 0 saturated heterocycles. The molecule has 1 aliphatic carbocycles. The molecule has 3 rings (SSSR count). The molecule has 23 heavy (non-hydrogen) atoms. The summed E-state index contributed by atoms with van der Waals surface area (Å²) in [5.41, 5.74) is 2.83.